The van der Waals surface area contributed by atoms with Gasteiger partial charge in [0.1, 0.15) is 18.2 Å². The molecular weight excluding hydrogens is 262 g/mol. The van der Waals surface area contributed by atoms with E-state index in [2.05, 4.69) is 5.32 Å². The molecule has 110 valence electrons. The van der Waals surface area contributed by atoms with Crippen molar-refractivity contribution < 1.29 is 19.8 Å². The van der Waals surface area contributed by atoms with Crippen molar-refractivity contribution in [2.75, 3.05) is 19.7 Å². The molecule has 7 nitrogen and oxygen atoms in total. The predicted octanol–water partition coefficient (Wildman–Crippen LogP) is -0.168. The summed E-state index contributed by atoms with van der Waals surface area (Å²) in [6, 6.07) is 1.90. The van der Waals surface area contributed by atoms with Crippen molar-refractivity contribution in [2.45, 2.75) is 31.7 Å². The first kappa shape index (κ1) is 16.0. The number of carboxylic acids is 1. The zero-order chi connectivity index (χ0) is 15.0. The van der Waals surface area contributed by atoms with Crippen molar-refractivity contribution in [2.24, 2.45) is 0 Å². The van der Waals surface area contributed by atoms with Gasteiger partial charge in [0.15, 0.2) is 0 Å². The molecule has 3 N–H and O–H groups in total. The molecule has 0 radical (unpaired) electrons. The summed E-state index contributed by atoms with van der Waals surface area (Å²) in [5.41, 5.74) is -0.115. The summed E-state index contributed by atoms with van der Waals surface area (Å²) in [5, 5.41) is 28.7. The van der Waals surface area contributed by atoms with E-state index in [9.17, 15) is 9.59 Å². The van der Waals surface area contributed by atoms with E-state index in [4.69, 9.17) is 15.5 Å². The van der Waals surface area contributed by atoms with Crippen LogP contribution in [-0.4, -0.2) is 52.7 Å². The van der Waals surface area contributed by atoms with E-state index in [1.807, 2.05) is 4.90 Å². The van der Waals surface area contributed by atoms with Crippen LogP contribution in [-0.2, 0) is 9.59 Å². The number of aliphatic hydroxyl groups excluding tert-OH is 1. The van der Waals surface area contributed by atoms with Crippen LogP contribution < -0.4 is 5.32 Å². The second kappa shape index (κ2) is 8.17. The number of aliphatic carboxylic acids is 1. The minimum atomic E-state index is -1.16. The summed E-state index contributed by atoms with van der Waals surface area (Å²) in [5.74, 6) is -1.85. The molecule has 0 aromatic heterocycles. The van der Waals surface area contributed by atoms with Crippen LogP contribution in [0.5, 0.6) is 0 Å². The van der Waals surface area contributed by atoms with Gasteiger partial charge in [-0.25, -0.2) is 0 Å². The van der Waals surface area contributed by atoms with Crippen molar-refractivity contribution >= 4 is 11.9 Å². The Hall–Kier alpha value is -2.07. The van der Waals surface area contributed by atoms with Crippen molar-refractivity contribution in [1.29, 1.82) is 5.26 Å². The summed E-state index contributed by atoms with van der Waals surface area (Å²) in [6.45, 7) is 0.266. The molecular formula is C13H19N3O4. The van der Waals surface area contributed by atoms with Crippen LogP contribution in [0.15, 0.2) is 11.8 Å². The number of carbonyl (C=O) groups is 2. The molecule has 1 fully saturated rings. The summed E-state index contributed by atoms with van der Waals surface area (Å²) in [6.07, 6.45) is 4.99. The zero-order valence-corrected chi connectivity index (χ0v) is 11.2. The molecule has 0 bridgehead atoms. The monoisotopic (exact) mass is 281 g/mol. The maximum absolute atomic E-state index is 11.7. The van der Waals surface area contributed by atoms with Gasteiger partial charge in [-0.3, -0.25) is 9.59 Å². The van der Waals surface area contributed by atoms with Crippen LogP contribution in [0.2, 0.25) is 0 Å². The fraction of sp³-hybridized carbons (Fsp3) is 0.615. The SMILES string of the molecule is N#C/C(=C/N1CCCCC1CCO)C(=O)NCC(=O)O. The molecule has 0 aliphatic carbocycles. The minimum Gasteiger partial charge on any atom is -0.480 e. The standard InChI is InChI=1S/C13H19N3O4/c14-7-10(13(20)15-8-12(18)19)9-16-5-2-1-3-11(16)4-6-17/h9,11,17H,1-6,8H2,(H,15,20)(H,18,19)/b10-9-. The number of hydrogen-bond acceptors (Lipinski definition) is 5. The van der Waals surface area contributed by atoms with Crippen molar-refractivity contribution in [3.05, 3.63) is 11.8 Å². The Kier molecular flexibility index (Phi) is 6.53. The number of likely N-dealkylation sites (tertiary alicyclic amines) is 1. The maximum Gasteiger partial charge on any atom is 0.322 e. The van der Waals surface area contributed by atoms with Gasteiger partial charge >= 0.3 is 5.97 Å². The van der Waals surface area contributed by atoms with Gasteiger partial charge in [-0.2, -0.15) is 5.26 Å². The quantitative estimate of drug-likeness (QED) is 0.460. The number of nitriles is 1. The number of amides is 1. The van der Waals surface area contributed by atoms with Crippen LogP contribution in [0.4, 0.5) is 0 Å². The number of rotatable bonds is 6. The topological polar surface area (TPSA) is 114 Å². The highest BCUT2D eigenvalue weighted by molar-refractivity contribution is 5.98. The Balaban J connectivity index is 2.73. The van der Waals surface area contributed by atoms with E-state index in [0.29, 0.717) is 6.42 Å². The predicted molar refractivity (Wildman–Crippen MR) is 70.4 cm³/mol. The van der Waals surface area contributed by atoms with Gasteiger partial charge in [-0.05, 0) is 25.7 Å². The summed E-state index contributed by atoms with van der Waals surface area (Å²) >= 11 is 0. The molecule has 0 aromatic carbocycles. The smallest absolute Gasteiger partial charge is 0.322 e. The third kappa shape index (κ3) is 4.90. The van der Waals surface area contributed by atoms with E-state index in [1.165, 1.54) is 6.20 Å². The third-order valence-electron chi connectivity index (χ3n) is 3.20. The minimum absolute atomic E-state index is 0.0576. The van der Waals surface area contributed by atoms with Crippen LogP contribution in [0, 0.1) is 11.3 Å². The Morgan fingerprint density at radius 3 is 2.80 bits per heavy atom. The first-order valence-corrected chi connectivity index (χ1v) is 6.57. The molecule has 0 saturated carbocycles. The van der Waals surface area contributed by atoms with Crippen molar-refractivity contribution in [3.8, 4) is 6.07 Å². The zero-order valence-electron chi connectivity index (χ0n) is 11.2. The molecule has 1 atom stereocenters. The Morgan fingerprint density at radius 1 is 1.45 bits per heavy atom. The first-order valence-electron chi connectivity index (χ1n) is 6.57. The molecule has 1 amide bonds. The second-order valence-corrected chi connectivity index (χ2v) is 4.63. The van der Waals surface area contributed by atoms with Gasteiger partial charge < -0.3 is 20.4 Å². The average Bonchev–Trinajstić information content (AvgIpc) is 2.44. The van der Waals surface area contributed by atoms with Crippen LogP contribution >= 0.6 is 0 Å². The largest absolute Gasteiger partial charge is 0.480 e. The number of aliphatic hydroxyl groups is 1. The molecule has 1 heterocycles. The lowest BCUT2D eigenvalue weighted by Gasteiger charge is -2.34. The Labute approximate surface area is 117 Å². The van der Waals surface area contributed by atoms with E-state index in [0.717, 1.165) is 25.8 Å². The number of carboxylic acid groups (broad SMARTS) is 1. The highest BCUT2D eigenvalue weighted by atomic mass is 16.4. The summed E-state index contributed by atoms with van der Waals surface area (Å²) < 4.78 is 0. The van der Waals surface area contributed by atoms with Gasteiger partial charge in [-0.1, -0.05) is 0 Å². The van der Waals surface area contributed by atoms with Crippen LogP contribution in [0.25, 0.3) is 0 Å². The Morgan fingerprint density at radius 2 is 2.20 bits per heavy atom. The van der Waals surface area contributed by atoms with Crippen LogP contribution in [0.3, 0.4) is 0 Å². The lowest BCUT2D eigenvalue weighted by Crippen LogP contribution is -2.37. The third-order valence-corrected chi connectivity index (χ3v) is 3.20. The van der Waals surface area contributed by atoms with Gasteiger partial charge in [0, 0.05) is 25.4 Å². The van der Waals surface area contributed by atoms with Gasteiger partial charge in [0.2, 0.25) is 0 Å². The highest BCUT2D eigenvalue weighted by Gasteiger charge is 2.21. The molecule has 1 saturated heterocycles. The number of nitrogens with one attached hydrogen (secondary N) is 1. The molecule has 1 aliphatic rings. The molecule has 1 aliphatic heterocycles. The fourth-order valence-corrected chi connectivity index (χ4v) is 2.21. The van der Waals surface area contributed by atoms with Crippen molar-refractivity contribution in [3.63, 3.8) is 0 Å². The lowest BCUT2D eigenvalue weighted by atomic mass is 10.00. The lowest BCUT2D eigenvalue weighted by molar-refractivity contribution is -0.137. The molecule has 20 heavy (non-hydrogen) atoms. The van der Waals surface area contributed by atoms with Gasteiger partial charge in [0.25, 0.3) is 5.91 Å². The number of piperidine rings is 1. The maximum atomic E-state index is 11.7. The fourth-order valence-electron chi connectivity index (χ4n) is 2.21. The van der Waals surface area contributed by atoms with Gasteiger partial charge in [0.05, 0.1) is 0 Å². The Bertz CT molecular complexity index is 426. The molecule has 1 rings (SSSR count). The average molecular weight is 281 g/mol. The number of carbonyl (C=O) groups excluding carboxylic acids is 1. The van der Waals surface area contributed by atoms with Gasteiger partial charge in [-0.15, -0.1) is 0 Å². The summed E-state index contributed by atoms with van der Waals surface area (Å²) in [4.78, 5) is 23.9. The van der Waals surface area contributed by atoms with E-state index < -0.39 is 18.4 Å². The number of nitrogens with zero attached hydrogens (tertiary/aromatic N) is 2. The highest BCUT2D eigenvalue weighted by Crippen LogP contribution is 2.20. The van der Waals surface area contributed by atoms with Crippen molar-refractivity contribution in [1.82, 2.24) is 10.2 Å². The van der Waals surface area contributed by atoms with E-state index in [-0.39, 0.29) is 18.2 Å². The molecule has 1 unspecified atom stereocenters. The molecule has 0 spiro atoms. The van der Waals surface area contributed by atoms with E-state index >= 15 is 0 Å². The first-order chi connectivity index (χ1) is 9.58. The number of hydrogen-bond donors (Lipinski definition) is 3. The molecule has 7 heteroatoms. The second-order valence-electron chi connectivity index (χ2n) is 4.63. The van der Waals surface area contributed by atoms with Crippen LogP contribution in [0.1, 0.15) is 25.7 Å². The normalized spacial score (nSPS) is 19.3. The molecule has 0 aromatic rings. The van der Waals surface area contributed by atoms with E-state index in [1.54, 1.807) is 6.07 Å². The summed E-state index contributed by atoms with van der Waals surface area (Å²) in [7, 11) is 0.